The number of nitrogens with zero attached hydrogens (tertiary/aromatic N) is 4. The van der Waals surface area contributed by atoms with Crippen LogP contribution < -0.4 is 5.32 Å². The van der Waals surface area contributed by atoms with Gasteiger partial charge in [0.15, 0.2) is 0 Å². The second kappa shape index (κ2) is 10.4. The molecular weight excluding hydrogens is 458 g/mol. The van der Waals surface area contributed by atoms with Crippen LogP contribution in [0.2, 0.25) is 0 Å². The number of carbonyl (C=O) groups excluding carboxylic acids is 2. The molecule has 2 atom stereocenters. The molecule has 9 heteroatoms. The Morgan fingerprint density at radius 2 is 1.69 bits per heavy atom. The Balaban J connectivity index is 1.38. The number of rotatable bonds is 7. The smallest absolute Gasteiger partial charge is 0.269 e. The van der Waals surface area contributed by atoms with Gasteiger partial charge >= 0.3 is 0 Å². The van der Waals surface area contributed by atoms with Gasteiger partial charge in [-0.05, 0) is 43.9 Å². The van der Waals surface area contributed by atoms with Crippen LogP contribution in [0, 0.1) is 17.0 Å². The molecule has 0 spiro atoms. The van der Waals surface area contributed by atoms with Crippen LogP contribution in [0.3, 0.4) is 0 Å². The molecule has 2 aromatic carbocycles. The molecule has 5 rings (SSSR count). The molecule has 190 valence electrons. The van der Waals surface area contributed by atoms with Crippen molar-refractivity contribution in [2.24, 2.45) is 0 Å². The predicted octanol–water partition coefficient (Wildman–Crippen LogP) is 2.58. The van der Waals surface area contributed by atoms with Crippen LogP contribution >= 0.6 is 0 Å². The Hall–Kier alpha value is -3.30. The van der Waals surface area contributed by atoms with Crippen LogP contribution in [-0.2, 0) is 11.3 Å². The molecule has 1 saturated carbocycles. The Kier molecular flexibility index (Phi) is 7.02. The van der Waals surface area contributed by atoms with Crippen molar-refractivity contribution in [1.82, 2.24) is 20.0 Å². The summed E-state index contributed by atoms with van der Waals surface area (Å²) in [5.74, 6) is -0.0670. The maximum atomic E-state index is 13.6. The van der Waals surface area contributed by atoms with E-state index in [1.807, 2.05) is 36.1 Å². The largest absolute Gasteiger partial charge is 0.338 e. The molecule has 2 heterocycles. The Bertz CT molecular complexity index is 1110. The number of nitro groups is 1. The number of nitrogens with one attached hydrogen (secondary N) is 1. The molecule has 2 unspecified atom stereocenters. The molecule has 2 amide bonds. The van der Waals surface area contributed by atoms with Gasteiger partial charge in [0.05, 0.1) is 4.92 Å². The van der Waals surface area contributed by atoms with E-state index in [-0.39, 0.29) is 28.5 Å². The molecule has 0 aromatic heterocycles. The number of non-ortho nitro benzene ring substituents is 1. The van der Waals surface area contributed by atoms with Gasteiger partial charge in [0.2, 0.25) is 5.91 Å². The van der Waals surface area contributed by atoms with Crippen LogP contribution in [-0.4, -0.2) is 82.3 Å². The number of hydrogen-bond donors (Lipinski definition) is 1. The maximum Gasteiger partial charge on any atom is 0.269 e. The quantitative estimate of drug-likeness (QED) is 0.472. The average molecular weight is 492 g/mol. The van der Waals surface area contributed by atoms with Crippen LogP contribution in [0.25, 0.3) is 0 Å². The van der Waals surface area contributed by atoms with Crippen molar-refractivity contribution in [3.8, 4) is 0 Å². The third kappa shape index (κ3) is 5.27. The zero-order chi connectivity index (χ0) is 25.2. The lowest BCUT2D eigenvalue weighted by Crippen LogP contribution is -2.53. The third-order valence-corrected chi connectivity index (χ3v) is 7.55. The minimum Gasteiger partial charge on any atom is -0.338 e. The standard InChI is InChI=1S/C27H33N5O4/c1-19-2-6-21(7-3-19)26(33)31-18-24(16-25(31)27(34)29-14-12-28-13-15-29)30(22-10-11-22)17-20-4-8-23(9-5-20)32(35)36/h2-9,22,24-25,28H,10-18H2,1H3. The fourth-order valence-electron chi connectivity index (χ4n) is 5.37. The SMILES string of the molecule is Cc1ccc(C(=O)N2CC(N(Cc3ccc([N+](=O)[O-])cc3)C3CC3)CC2C(=O)N2CCNCC2)cc1. The molecule has 1 N–H and O–H groups in total. The minimum absolute atomic E-state index is 0.0329. The van der Waals surface area contributed by atoms with Gasteiger partial charge < -0.3 is 15.1 Å². The van der Waals surface area contributed by atoms with E-state index in [1.165, 1.54) is 0 Å². The number of likely N-dealkylation sites (tertiary alicyclic amines) is 1. The maximum absolute atomic E-state index is 13.6. The molecule has 1 aliphatic carbocycles. The van der Waals surface area contributed by atoms with Gasteiger partial charge in [-0.2, -0.15) is 0 Å². The number of hydrogen-bond acceptors (Lipinski definition) is 6. The van der Waals surface area contributed by atoms with Gasteiger partial charge in [-0.3, -0.25) is 24.6 Å². The monoisotopic (exact) mass is 491 g/mol. The lowest BCUT2D eigenvalue weighted by Gasteiger charge is -2.32. The van der Waals surface area contributed by atoms with Crippen molar-refractivity contribution in [3.05, 3.63) is 75.3 Å². The predicted molar refractivity (Wildman–Crippen MR) is 136 cm³/mol. The van der Waals surface area contributed by atoms with Gasteiger partial charge in [0.25, 0.3) is 11.6 Å². The van der Waals surface area contributed by atoms with Gasteiger partial charge in [-0.1, -0.05) is 29.8 Å². The number of aryl methyl sites for hydroxylation is 1. The number of benzene rings is 2. The average Bonchev–Trinajstić information content (AvgIpc) is 3.65. The fraction of sp³-hybridized carbons (Fsp3) is 0.481. The van der Waals surface area contributed by atoms with E-state index in [4.69, 9.17) is 0 Å². The van der Waals surface area contributed by atoms with Crippen LogP contribution in [0.15, 0.2) is 48.5 Å². The summed E-state index contributed by atoms with van der Waals surface area (Å²) in [5, 5.41) is 14.3. The van der Waals surface area contributed by atoms with Crippen molar-refractivity contribution >= 4 is 17.5 Å². The van der Waals surface area contributed by atoms with Crippen molar-refractivity contribution in [2.45, 2.75) is 50.9 Å². The first-order chi connectivity index (χ1) is 17.4. The van der Waals surface area contributed by atoms with E-state index < -0.39 is 6.04 Å². The normalized spacial score (nSPS) is 22.2. The number of carbonyl (C=O) groups is 2. The topological polar surface area (TPSA) is 99.0 Å². The summed E-state index contributed by atoms with van der Waals surface area (Å²) in [5.41, 5.74) is 2.77. The van der Waals surface area contributed by atoms with E-state index in [1.54, 1.807) is 29.2 Å². The molecule has 2 saturated heterocycles. The summed E-state index contributed by atoms with van der Waals surface area (Å²) in [6.07, 6.45) is 2.78. The molecular formula is C27H33N5O4. The zero-order valence-corrected chi connectivity index (χ0v) is 20.6. The molecule has 3 aliphatic rings. The highest BCUT2D eigenvalue weighted by atomic mass is 16.6. The third-order valence-electron chi connectivity index (χ3n) is 7.55. The molecule has 0 radical (unpaired) electrons. The van der Waals surface area contributed by atoms with Gasteiger partial charge in [-0.25, -0.2) is 0 Å². The summed E-state index contributed by atoms with van der Waals surface area (Å²) < 4.78 is 0. The lowest BCUT2D eigenvalue weighted by atomic mass is 10.1. The van der Waals surface area contributed by atoms with Crippen molar-refractivity contribution in [2.75, 3.05) is 32.7 Å². The molecule has 3 fully saturated rings. The molecule has 36 heavy (non-hydrogen) atoms. The summed E-state index contributed by atoms with van der Waals surface area (Å²) in [7, 11) is 0. The van der Waals surface area contributed by atoms with E-state index >= 15 is 0 Å². The molecule has 9 nitrogen and oxygen atoms in total. The second-order valence-electron chi connectivity index (χ2n) is 10.1. The highest BCUT2D eigenvalue weighted by molar-refractivity contribution is 5.98. The van der Waals surface area contributed by atoms with Crippen LogP contribution in [0.4, 0.5) is 5.69 Å². The fourth-order valence-corrected chi connectivity index (χ4v) is 5.37. The van der Waals surface area contributed by atoms with E-state index in [9.17, 15) is 19.7 Å². The minimum atomic E-state index is -0.486. The van der Waals surface area contributed by atoms with Crippen molar-refractivity contribution in [3.63, 3.8) is 0 Å². The van der Waals surface area contributed by atoms with Gasteiger partial charge in [-0.15, -0.1) is 0 Å². The Morgan fingerprint density at radius 3 is 2.31 bits per heavy atom. The Labute approximate surface area is 211 Å². The second-order valence-corrected chi connectivity index (χ2v) is 10.1. The van der Waals surface area contributed by atoms with Crippen molar-refractivity contribution in [1.29, 1.82) is 0 Å². The first-order valence-electron chi connectivity index (χ1n) is 12.8. The summed E-state index contributed by atoms with van der Waals surface area (Å²) in [4.78, 5) is 44.0. The summed E-state index contributed by atoms with van der Waals surface area (Å²) >= 11 is 0. The van der Waals surface area contributed by atoms with Gasteiger partial charge in [0.1, 0.15) is 6.04 Å². The van der Waals surface area contributed by atoms with E-state index in [0.29, 0.717) is 44.2 Å². The van der Waals surface area contributed by atoms with Crippen LogP contribution in [0.5, 0.6) is 0 Å². The van der Waals surface area contributed by atoms with E-state index in [2.05, 4.69) is 10.2 Å². The zero-order valence-electron chi connectivity index (χ0n) is 20.6. The number of nitro benzene ring substituents is 1. The molecule has 2 aliphatic heterocycles. The lowest BCUT2D eigenvalue weighted by molar-refractivity contribution is -0.384. The first-order valence-corrected chi connectivity index (χ1v) is 12.8. The van der Waals surface area contributed by atoms with Crippen LogP contribution in [0.1, 0.15) is 40.7 Å². The molecule has 0 bridgehead atoms. The summed E-state index contributed by atoms with van der Waals surface area (Å²) in [6, 6.07) is 14.2. The molecule has 2 aromatic rings. The number of amides is 2. The van der Waals surface area contributed by atoms with Gasteiger partial charge in [0, 0.05) is 69.0 Å². The number of piperazine rings is 1. The Morgan fingerprint density at radius 1 is 1.03 bits per heavy atom. The van der Waals surface area contributed by atoms with Crippen molar-refractivity contribution < 1.29 is 14.5 Å². The summed E-state index contributed by atoms with van der Waals surface area (Å²) in [6.45, 7) is 5.98. The highest BCUT2D eigenvalue weighted by Gasteiger charge is 2.46. The highest BCUT2D eigenvalue weighted by Crippen LogP contribution is 2.35. The first kappa shape index (κ1) is 24.4. The van der Waals surface area contributed by atoms with E-state index in [0.717, 1.165) is 37.1 Å².